The maximum atomic E-state index is 13.1. The van der Waals surface area contributed by atoms with Crippen molar-refractivity contribution >= 4 is 67.4 Å². The predicted octanol–water partition coefficient (Wildman–Crippen LogP) is 13.1. The molecule has 2 aromatic heterocycles. The van der Waals surface area contributed by atoms with Gasteiger partial charge in [0.1, 0.15) is 5.75 Å². The molecule has 2 aliphatic heterocycles. The second-order valence-electron chi connectivity index (χ2n) is 19.2. The number of amides is 3. The van der Waals surface area contributed by atoms with Gasteiger partial charge in [-0.1, -0.05) is 164 Å². The number of rotatable bonds is 15. The molecule has 0 spiro atoms. The van der Waals surface area contributed by atoms with Crippen LogP contribution in [0.5, 0.6) is 5.75 Å². The van der Waals surface area contributed by atoms with Crippen LogP contribution in [0.3, 0.4) is 0 Å². The van der Waals surface area contributed by atoms with E-state index in [-0.39, 0.29) is 160 Å². The third-order valence-corrected chi connectivity index (χ3v) is 17.1. The quantitative estimate of drug-likeness (QED) is 0.0867. The van der Waals surface area contributed by atoms with Crippen molar-refractivity contribution in [2.24, 2.45) is 0 Å². The van der Waals surface area contributed by atoms with E-state index in [4.69, 9.17) is 37.0 Å². The molecule has 0 saturated carbocycles. The molecule has 5 aromatic carbocycles. The first kappa shape index (κ1) is 79.4. The molecule has 2 fully saturated rings. The molecule has 3 N–H and O–H groups in total. The molecule has 2 saturated heterocycles. The van der Waals surface area contributed by atoms with Crippen molar-refractivity contribution in [1.82, 2.24) is 41.1 Å². The summed E-state index contributed by atoms with van der Waals surface area (Å²) in [6.45, 7) is 14.6. The molecular formula is C59H77Cl3N8O9S2V3. The second kappa shape index (κ2) is 37.2. The van der Waals surface area contributed by atoms with Crippen molar-refractivity contribution in [3.8, 4) is 5.75 Å². The number of halogens is 3. The molecule has 84 heavy (non-hydrogen) atoms. The Labute approximate surface area is 548 Å². The summed E-state index contributed by atoms with van der Waals surface area (Å²) >= 11 is 12.3. The number of nitrogens with one attached hydrogen (secondary N) is 3. The summed E-state index contributed by atoms with van der Waals surface area (Å²) in [5.41, 5.74) is 3.83. The third-order valence-electron chi connectivity index (χ3n) is 13.1. The molecule has 0 aliphatic carbocycles. The van der Waals surface area contributed by atoms with Gasteiger partial charge >= 0.3 is 12.1 Å². The Morgan fingerprint density at radius 1 is 0.607 bits per heavy atom. The molecule has 2 aliphatic rings. The van der Waals surface area contributed by atoms with Crippen molar-refractivity contribution in [2.75, 3.05) is 37.7 Å². The Hall–Kier alpha value is -4.60. The van der Waals surface area contributed by atoms with Gasteiger partial charge in [-0.15, -0.1) is 12.4 Å². The van der Waals surface area contributed by atoms with Crippen molar-refractivity contribution in [2.45, 2.75) is 122 Å². The van der Waals surface area contributed by atoms with Crippen LogP contribution in [-0.4, -0.2) is 91.8 Å². The monoisotopic (exact) mass is 1360 g/mol. The van der Waals surface area contributed by atoms with E-state index in [9.17, 15) is 26.4 Å². The fourth-order valence-corrected chi connectivity index (χ4v) is 10.8. The number of nitrogens with zero attached hydrogens (tertiary/aromatic N) is 5. The maximum absolute atomic E-state index is 13.1. The molecular weight excluding hydrogens is 1290 g/mol. The van der Waals surface area contributed by atoms with E-state index in [1.807, 2.05) is 62.4 Å². The molecule has 7 aromatic rings. The van der Waals surface area contributed by atoms with Crippen LogP contribution in [0.15, 0.2) is 146 Å². The number of likely N-dealkylation sites (tertiary alicyclic amines) is 1. The number of hydrogen-bond donors (Lipinski definition) is 3. The molecule has 455 valence electrons. The molecule has 3 radical (unpaired) electrons. The SMILES string of the molecule is C.C.C.CC(C)c1noc(C2CNCC2c2cccc(Cl)c2)n1.CCS(=O)(=O)c1ccc(CNC(=O)N2CC(c3cccc(Cl)c3)C(c3nc(C(C)C)no3)C2)cc1.CCS(=O)(=O)c1ccc(CNC(=O)Oc2ccccc2)cc1.Cl.[V].[V].[V]. The molecule has 3 amide bonds. The first-order valence-corrected chi connectivity index (χ1v) is 29.5. The number of carbonyl (C=O) groups excluding carboxylic acids is 2. The average Bonchev–Trinajstić information content (AvgIpc) is 4.44. The number of para-hydroxylation sites is 1. The molecule has 4 heterocycles. The number of benzene rings is 5. The second-order valence-corrected chi connectivity index (χ2v) is 24.6. The summed E-state index contributed by atoms with van der Waals surface area (Å²) in [6, 6.07) is 37.2. The summed E-state index contributed by atoms with van der Waals surface area (Å²) in [4.78, 5) is 36.1. The summed E-state index contributed by atoms with van der Waals surface area (Å²) in [6.07, 6.45) is -0.559. The summed E-state index contributed by atoms with van der Waals surface area (Å²) in [5, 5.41) is 18.5. The Morgan fingerprint density at radius 3 is 1.48 bits per heavy atom. The number of sulfone groups is 2. The topological polar surface area (TPSA) is 229 Å². The third kappa shape index (κ3) is 22.0. The minimum Gasteiger partial charge on any atom is -0.410 e. The maximum Gasteiger partial charge on any atom is 0.412 e. The number of carbonyl (C=O) groups is 2. The average molecular weight is 1370 g/mol. The van der Waals surface area contributed by atoms with Crippen molar-refractivity contribution in [1.29, 1.82) is 0 Å². The largest absolute Gasteiger partial charge is 0.412 e. The number of urea groups is 1. The Bertz CT molecular complexity index is 3310. The summed E-state index contributed by atoms with van der Waals surface area (Å²) in [5.74, 6) is 3.99. The van der Waals surface area contributed by atoms with Gasteiger partial charge in [0.05, 0.1) is 33.1 Å². The minimum atomic E-state index is -3.26. The van der Waals surface area contributed by atoms with Gasteiger partial charge in [0, 0.05) is 129 Å². The zero-order valence-electron chi connectivity index (χ0n) is 45.5. The molecule has 4 atom stereocenters. The van der Waals surface area contributed by atoms with Crippen molar-refractivity contribution in [3.05, 3.63) is 183 Å². The standard InChI is InChI=1S/C25H29ClN4O4S.C16H17NO4S.C15H18ClN3O.3CH4.ClH.3V/c1-4-35(32,33)20-10-8-17(9-11-20)13-27-25(31)30-14-21(18-6-5-7-19(26)12-18)22(15-30)24-28-23(16(2)3)29-34-24;1-2-22(19,20)15-10-8-13(9-11-15)12-17-16(18)21-14-6-4-3-5-7-14;1-9(2)14-18-15(20-19-14)13-8-17-7-12(13)10-4-3-5-11(16)6-10;;;;;;;/h5-12,16,21-22H,4,13-15H2,1-3H3,(H,27,31);3-11H,2,12H2,1H3,(H,17,18);3-6,9,12-13,17H,7-8H2,1-2H3;3*1H4;1H;;;. The molecule has 0 bridgehead atoms. The van der Waals surface area contributed by atoms with E-state index in [0.29, 0.717) is 41.5 Å². The van der Waals surface area contributed by atoms with Crippen LogP contribution in [0.25, 0.3) is 0 Å². The van der Waals surface area contributed by atoms with E-state index in [2.05, 4.69) is 56.1 Å². The number of hydrogen-bond acceptors (Lipinski definition) is 14. The van der Waals surface area contributed by atoms with Crippen LogP contribution in [-0.2, 0) is 88.4 Å². The van der Waals surface area contributed by atoms with Gasteiger partial charge in [-0.25, -0.2) is 26.4 Å². The fraction of sp³-hybridized carbons (Fsp3) is 0.390. The first-order valence-electron chi connectivity index (χ1n) is 25.4. The number of aromatic nitrogens is 4. The van der Waals surface area contributed by atoms with E-state index in [1.54, 1.807) is 91.5 Å². The van der Waals surface area contributed by atoms with Gasteiger partial charge in [-0.3, -0.25) is 0 Å². The fourth-order valence-electron chi connectivity index (χ4n) is 8.64. The van der Waals surface area contributed by atoms with Gasteiger partial charge in [-0.2, -0.15) is 9.97 Å². The molecule has 9 rings (SSSR count). The first-order chi connectivity index (χ1) is 36.8. The number of ether oxygens (including phenoxy) is 1. The van der Waals surface area contributed by atoms with Gasteiger partial charge < -0.3 is 34.6 Å². The van der Waals surface area contributed by atoms with Gasteiger partial charge in [0.2, 0.25) is 11.8 Å². The van der Waals surface area contributed by atoms with Crippen LogP contribution >= 0.6 is 35.6 Å². The molecule has 4 unspecified atom stereocenters. The van der Waals surface area contributed by atoms with Crippen LogP contribution in [0.4, 0.5) is 9.59 Å². The Kier molecular flexibility index (Phi) is 35.1. The van der Waals surface area contributed by atoms with Crippen molar-refractivity contribution < 1.29 is 95.9 Å². The Morgan fingerprint density at radius 2 is 1.04 bits per heavy atom. The van der Waals surface area contributed by atoms with Crippen LogP contribution in [0, 0.1) is 0 Å². The van der Waals surface area contributed by atoms with Crippen molar-refractivity contribution in [3.63, 3.8) is 0 Å². The van der Waals surface area contributed by atoms with E-state index >= 15 is 0 Å². The van der Waals surface area contributed by atoms with E-state index in [1.165, 1.54) is 5.56 Å². The van der Waals surface area contributed by atoms with Crippen LogP contribution in [0.1, 0.15) is 145 Å². The van der Waals surface area contributed by atoms with Gasteiger partial charge in [0.15, 0.2) is 31.3 Å². The van der Waals surface area contributed by atoms with E-state index < -0.39 is 25.8 Å². The predicted molar refractivity (Wildman–Crippen MR) is 322 cm³/mol. The minimum absolute atomic E-state index is 0. The smallest absolute Gasteiger partial charge is 0.410 e. The normalized spacial score (nSPS) is 15.9. The zero-order chi connectivity index (χ0) is 55.3. The van der Waals surface area contributed by atoms with Gasteiger partial charge in [-0.05, 0) is 82.9 Å². The van der Waals surface area contributed by atoms with Crippen LogP contribution < -0.4 is 20.7 Å². The zero-order valence-corrected chi connectivity index (χ0v) is 53.6. The Balaban J connectivity index is 0.00000124. The molecule has 17 nitrogen and oxygen atoms in total. The van der Waals surface area contributed by atoms with E-state index in [0.717, 1.165) is 46.5 Å². The molecule has 25 heteroatoms. The summed E-state index contributed by atoms with van der Waals surface area (Å²) < 4.78 is 63.5. The summed E-state index contributed by atoms with van der Waals surface area (Å²) in [7, 11) is -6.46. The van der Waals surface area contributed by atoms with Gasteiger partial charge in [0.25, 0.3) is 0 Å². The van der Waals surface area contributed by atoms with Crippen LogP contribution in [0.2, 0.25) is 10.0 Å².